The number of carbonyl (C=O) groups excluding carboxylic acids is 3. The Bertz CT molecular complexity index is 1450. The molecule has 5 rings (SSSR count). The lowest BCUT2D eigenvalue weighted by molar-refractivity contribution is 0.0652. The van der Waals surface area contributed by atoms with Crippen LogP contribution in [-0.2, 0) is 0 Å². The first-order chi connectivity index (χ1) is 19.4. The van der Waals surface area contributed by atoms with Gasteiger partial charge in [-0.1, -0.05) is 30.9 Å². The monoisotopic (exact) mass is 536 g/mol. The summed E-state index contributed by atoms with van der Waals surface area (Å²) < 4.78 is 0. The predicted octanol–water partition coefficient (Wildman–Crippen LogP) is 4.39. The summed E-state index contributed by atoms with van der Waals surface area (Å²) in [6.45, 7) is 3.22. The highest BCUT2D eigenvalue weighted by Gasteiger charge is 2.34. The van der Waals surface area contributed by atoms with Gasteiger partial charge in [0.25, 0.3) is 17.7 Å². The molecule has 3 aromatic rings. The van der Waals surface area contributed by atoms with Crippen molar-refractivity contribution in [1.29, 1.82) is 0 Å². The van der Waals surface area contributed by atoms with Gasteiger partial charge in [-0.2, -0.15) is 4.98 Å². The number of rotatable bonds is 10. The van der Waals surface area contributed by atoms with Crippen LogP contribution in [0.15, 0.2) is 54.7 Å². The summed E-state index contributed by atoms with van der Waals surface area (Å²) in [5.41, 5.74) is 3.02. The van der Waals surface area contributed by atoms with Gasteiger partial charge in [0.05, 0.1) is 22.9 Å². The van der Waals surface area contributed by atoms with Gasteiger partial charge in [0.2, 0.25) is 5.95 Å². The fourth-order valence-electron chi connectivity index (χ4n) is 4.51. The molecule has 2 aromatic carbocycles. The number of hydrogen-bond donors (Lipinski definition) is 2. The van der Waals surface area contributed by atoms with E-state index in [1.165, 1.54) is 4.90 Å². The number of imide groups is 1. The lowest BCUT2D eigenvalue weighted by Crippen LogP contribution is -2.30. The third-order valence-electron chi connectivity index (χ3n) is 6.79. The molecule has 1 aliphatic carbocycles. The quantitative estimate of drug-likeness (QED) is 0.225. The molecule has 3 amide bonds. The predicted molar refractivity (Wildman–Crippen MR) is 154 cm³/mol. The van der Waals surface area contributed by atoms with E-state index in [-0.39, 0.29) is 17.7 Å². The summed E-state index contributed by atoms with van der Waals surface area (Å²) >= 11 is 0. The van der Waals surface area contributed by atoms with E-state index in [4.69, 9.17) is 4.98 Å². The number of nitrogens with one attached hydrogen (secondary N) is 2. The second kappa shape index (κ2) is 12.0. The average molecular weight is 537 g/mol. The highest BCUT2D eigenvalue weighted by molar-refractivity contribution is 6.21. The van der Waals surface area contributed by atoms with E-state index < -0.39 is 0 Å². The molecule has 9 nitrogen and oxygen atoms in total. The molecule has 1 saturated carbocycles. The normalized spacial score (nSPS) is 13.9. The summed E-state index contributed by atoms with van der Waals surface area (Å²) in [7, 11) is 1.97. The van der Waals surface area contributed by atoms with E-state index in [2.05, 4.69) is 34.4 Å². The van der Waals surface area contributed by atoms with Gasteiger partial charge in [-0.3, -0.25) is 19.3 Å². The summed E-state index contributed by atoms with van der Waals surface area (Å²) in [4.78, 5) is 49.9. The second-order valence-electron chi connectivity index (χ2n) is 10.0. The van der Waals surface area contributed by atoms with Crippen LogP contribution in [0.1, 0.15) is 75.7 Å². The summed E-state index contributed by atoms with van der Waals surface area (Å²) in [6, 6.07) is 14.5. The van der Waals surface area contributed by atoms with E-state index in [0.717, 1.165) is 31.5 Å². The summed E-state index contributed by atoms with van der Waals surface area (Å²) in [5.74, 6) is 6.93. The maximum Gasteiger partial charge on any atom is 0.261 e. The van der Waals surface area contributed by atoms with Crippen LogP contribution in [0.4, 0.5) is 17.5 Å². The van der Waals surface area contributed by atoms with Crippen molar-refractivity contribution in [3.05, 3.63) is 77.0 Å². The molecule has 0 bridgehead atoms. The number of carbonyl (C=O) groups is 3. The van der Waals surface area contributed by atoms with Crippen LogP contribution in [0.2, 0.25) is 0 Å². The molecular weight excluding hydrogens is 504 g/mol. The number of fused-ring (bicyclic) bond motifs is 1. The largest absolute Gasteiger partial charge is 0.358 e. The van der Waals surface area contributed by atoms with Crippen molar-refractivity contribution in [2.24, 2.45) is 0 Å². The van der Waals surface area contributed by atoms with Crippen LogP contribution in [0.25, 0.3) is 0 Å². The Morgan fingerprint density at radius 1 is 1.07 bits per heavy atom. The van der Waals surface area contributed by atoms with Crippen LogP contribution in [0.5, 0.6) is 0 Å². The zero-order chi connectivity index (χ0) is 28.1. The third kappa shape index (κ3) is 6.12. The van der Waals surface area contributed by atoms with Gasteiger partial charge in [-0.25, -0.2) is 4.98 Å². The zero-order valence-corrected chi connectivity index (χ0v) is 22.7. The van der Waals surface area contributed by atoms with Crippen molar-refractivity contribution >= 4 is 35.2 Å². The molecule has 9 heteroatoms. The Morgan fingerprint density at radius 2 is 1.77 bits per heavy atom. The molecule has 0 saturated heterocycles. The fourth-order valence-corrected chi connectivity index (χ4v) is 4.51. The molecule has 2 N–H and O–H groups in total. The van der Waals surface area contributed by atoms with Crippen LogP contribution in [0, 0.1) is 11.8 Å². The number of hydrogen-bond acceptors (Lipinski definition) is 7. The molecule has 2 aliphatic rings. The van der Waals surface area contributed by atoms with Crippen LogP contribution >= 0.6 is 0 Å². The molecule has 1 fully saturated rings. The van der Waals surface area contributed by atoms with Gasteiger partial charge in [0.1, 0.15) is 5.82 Å². The minimum atomic E-state index is -0.246. The van der Waals surface area contributed by atoms with E-state index in [9.17, 15) is 14.4 Å². The Kier molecular flexibility index (Phi) is 8.06. The second-order valence-corrected chi connectivity index (χ2v) is 10.0. The topological polar surface area (TPSA) is 108 Å². The van der Waals surface area contributed by atoms with Crippen molar-refractivity contribution in [3.63, 3.8) is 0 Å². The molecule has 0 radical (unpaired) electrons. The van der Waals surface area contributed by atoms with E-state index in [1.807, 2.05) is 24.1 Å². The lowest BCUT2D eigenvalue weighted by atomic mass is 10.1. The van der Waals surface area contributed by atoms with Crippen LogP contribution < -0.4 is 15.5 Å². The van der Waals surface area contributed by atoms with Gasteiger partial charge >= 0.3 is 0 Å². The van der Waals surface area contributed by atoms with Gasteiger partial charge in [0, 0.05) is 43.9 Å². The molecule has 0 spiro atoms. The fraction of sp³-hybridized carbons (Fsp3) is 0.323. The number of amides is 3. The number of anilines is 3. The standard InChI is InChI=1S/C31H32N6O3/c1-3-18-36(2)27-22(9-5-4-8-19-37-29(39)25-10-6-7-11-26(25)30(37)40)20-32-31(35-27)34-24-14-12-21(13-15-24)28(38)33-23-16-17-23/h6-7,10-15,20,23H,3-4,8,16-19H2,1-2H3,(H,33,38)(H,32,34,35). The minimum absolute atomic E-state index is 0.0552. The first-order valence-corrected chi connectivity index (χ1v) is 13.6. The first-order valence-electron chi connectivity index (χ1n) is 13.6. The van der Waals surface area contributed by atoms with Gasteiger partial charge in [-0.15, -0.1) is 0 Å². The van der Waals surface area contributed by atoms with Gasteiger partial charge in [-0.05, 0) is 62.1 Å². The third-order valence-corrected chi connectivity index (χ3v) is 6.79. The molecule has 0 unspecified atom stereocenters. The minimum Gasteiger partial charge on any atom is -0.358 e. The van der Waals surface area contributed by atoms with Crippen LogP contribution in [0.3, 0.4) is 0 Å². The highest BCUT2D eigenvalue weighted by Crippen LogP contribution is 2.24. The van der Waals surface area contributed by atoms with E-state index >= 15 is 0 Å². The molecule has 40 heavy (non-hydrogen) atoms. The Balaban J connectivity index is 1.22. The zero-order valence-electron chi connectivity index (χ0n) is 22.7. The van der Waals surface area contributed by atoms with Crippen LogP contribution in [-0.4, -0.2) is 58.8 Å². The smallest absolute Gasteiger partial charge is 0.261 e. The SMILES string of the molecule is CCCN(C)c1nc(Nc2ccc(C(=O)NC3CC3)cc2)ncc1C#CCCCN1C(=O)c2ccccc2C1=O. The molecular formula is C31H32N6O3. The molecule has 0 atom stereocenters. The molecule has 1 aliphatic heterocycles. The van der Waals surface area contributed by atoms with Crippen molar-refractivity contribution < 1.29 is 14.4 Å². The average Bonchev–Trinajstić information content (AvgIpc) is 3.75. The van der Waals surface area contributed by atoms with Gasteiger partial charge in [0.15, 0.2) is 0 Å². The van der Waals surface area contributed by atoms with E-state index in [0.29, 0.717) is 59.4 Å². The van der Waals surface area contributed by atoms with Crippen molar-refractivity contribution in [1.82, 2.24) is 20.2 Å². The maximum atomic E-state index is 12.5. The van der Waals surface area contributed by atoms with Crippen molar-refractivity contribution in [2.75, 3.05) is 30.4 Å². The van der Waals surface area contributed by atoms with Gasteiger partial charge < -0.3 is 15.5 Å². The first kappa shape index (κ1) is 26.9. The lowest BCUT2D eigenvalue weighted by Gasteiger charge is -2.19. The summed E-state index contributed by atoms with van der Waals surface area (Å²) in [6.07, 6.45) is 5.84. The molecule has 204 valence electrons. The van der Waals surface area contributed by atoms with E-state index in [1.54, 1.807) is 42.6 Å². The van der Waals surface area contributed by atoms with Crippen molar-refractivity contribution in [3.8, 4) is 11.8 Å². The molecule has 1 aromatic heterocycles. The highest BCUT2D eigenvalue weighted by atomic mass is 16.2. The Labute approximate surface area is 234 Å². The molecule has 2 heterocycles. The number of unbranched alkanes of at least 4 members (excludes halogenated alkanes) is 1. The Morgan fingerprint density at radius 3 is 2.42 bits per heavy atom. The number of nitrogens with zero attached hydrogens (tertiary/aromatic N) is 4. The number of aromatic nitrogens is 2. The summed E-state index contributed by atoms with van der Waals surface area (Å²) in [5, 5.41) is 6.20. The Hall–Kier alpha value is -4.71. The maximum absolute atomic E-state index is 12.5. The van der Waals surface area contributed by atoms with Crippen molar-refractivity contribution in [2.45, 2.75) is 45.1 Å². The number of benzene rings is 2.